The van der Waals surface area contributed by atoms with Crippen LogP contribution < -0.4 is 42.4 Å². The largest absolute Gasteiger partial charge is 0.461 e. The summed E-state index contributed by atoms with van der Waals surface area (Å²) in [4.78, 5) is 89.4. The fourth-order valence-corrected chi connectivity index (χ4v) is 15.7. The lowest BCUT2D eigenvalue weighted by Crippen LogP contribution is -2.46. The van der Waals surface area contributed by atoms with Crippen molar-refractivity contribution in [1.82, 2.24) is 67.8 Å². The van der Waals surface area contributed by atoms with Crippen LogP contribution in [0.5, 0.6) is 6.01 Å². The molecule has 5 aromatic carbocycles. The maximum absolute atomic E-state index is 13.4. The number of unbranched alkanes of at least 4 members (excludes halogenated alkanes) is 2. The molecule has 0 atom stereocenters. The van der Waals surface area contributed by atoms with Crippen LogP contribution in [0.1, 0.15) is 199 Å². The number of likely N-dealkylation sites (tertiary alicyclic amines) is 1. The number of aliphatic imine (C=N–C) groups is 1. The number of para-hydroxylation sites is 2. The summed E-state index contributed by atoms with van der Waals surface area (Å²) in [7, 11) is -4.89. The Bertz CT molecular complexity index is 5900. The monoisotopic (exact) mass is 1690 g/mol. The highest BCUT2D eigenvalue weighted by molar-refractivity contribution is 7.90. The summed E-state index contributed by atoms with van der Waals surface area (Å²) in [6.45, 7) is 35.2. The third-order valence-electron chi connectivity index (χ3n) is 20.6. The van der Waals surface area contributed by atoms with Gasteiger partial charge in [-0.3, -0.25) is 19.0 Å². The Morgan fingerprint density at radius 3 is 1.76 bits per heavy atom. The number of amidine groups is 1. The number of rotatable bonds is 27. The van der Waals surface area contributed by atoms with Gasteiger partial charge in [0, 0.05) is 122 Å². The van der Waals surface area contributed by atoms with Crippen LogP contribution in [0.3, 0.4) is 0 Å². The SMILES string of the molecule is CCCN(C(=O)C1=Cc2ccc(-c3ccc(C(=O)N4CCCC4)cc3)cc2N=C(N)C1)C(C)(C)C.CCc1nc2c(N)nc3ccccc3c2n1CCCCNS(=O)(=O)C(C)(C)C.CCc1nc2c(NC(C)(C)C)nc3ccccc3c2n1CCCCNS(C)(=O)=O.COCCOc1nc(N)c2[nH]c(=O)n(Cc3ccc(C(=O)C(C)(C)C)cc3)c2n1. The molecule has 0 spiro atoms. The normalized spacial score (nSPS) is 13.4. The van der Waals surface area contributed by atoms with E-state index < -0.39 is 30.2 Å². The number of nitrogens with zero attached hydrogens (tertiary/aromatic N) is 12. The number of carbonyl (C=O) groups is 3. The minimum Gasteiger partial charge on any atom is -0.461 e. The van der Waals surface area contributed by atoms with Crippen LogP contribution in [0.4, 0.5) is 23.1 Å². The van der Waals surface area contributed by atoms with Crippen LogP contribution in [0.2, 0.25) is 0 Å². The van der Waals surface area contributed by atoms with Crippen LogP contribution in [0.15, 0.2) is 131 Å². The number of ketones is 1. The van der Waals surface area contributed by atoms with E-state index in [1.807, 2.05) is 134 Å². The summed E-state index contributed by atoms with van der Waals surface area (Å²) >= 11 is 0. The first-order valence-electron chi connectivity index (χ1n) is 41.6. The lowest BCUT2D eigenvalue weighted by Gasteiger charge is -2.36. The van der Waals surface area contributed by atoms with Crippen LogP contribution in [0.25, 0.3) is 72.2 Å². The van der Waals surface area contributed by atoms with Gasteiger partial charge in [0.1, 0.15) is 40.6 Å². The first-order valence-corrected chi connectivity index (χ1v) is 44.9. The molecule has 0 saturated carbocycles. The highest BCUT2D eigenvalue weighted by Gasteiger charge is 2.32. The number of imidazole rings is 3. The predicted octanol–water partition coefficient (Wildman–Crippen LogP) is 14.3. The van der Waals surface area contributed by atoms with Crippen molar-refractivity contribution >= 4 is 128 Å². The quantitative estimate of drug-likeness (QED) is 0.0186. The number of hydrogen-bond donors (Lipinski definition) is 7. The molecule has 0 aliphatic carbocycles. The number of ether oxygens (including phenoxy) is 2. The molecule has 8 heterocycles. The average Bonchev–Trinajstić information content (AvgIpc) is 1.62. The number of benzene rings is 5. The fraction of sp³-hybridized carbons (Fsp3) is 0.456. The average molecular weight is 1690 g/mol. The molecule has 11 aromatic rings. The number of aromatic amines is 1. The number of nitrogens with one attached hydrogen (secondary N) is 4. The molecular formula is C90H121N19O10S2. The van der Waals surface area contributed by atoms with Gasteiger partial charge >= 0.3 is 11.7 Å². The van der Waals surface area contributed by atoms with Crippen molar-refractivity contribution in [2.45, 2.75) is 204 Å². The number of nitrogen functional groups attached to an aromatic ring is 2. The summed E-state index contributed by atoms with van der Waals surface area (Å²) in [6.07, 6.45) is 11.3. The molecule has 0 radical (unpaired) electrons. The van der Waals surface area contributed by atoms with Crippen molar-refractivity contribution < 1.29 is 40.7 Å². The maximum Gasteiger partial charge on any atom is 0.328 e. The van der Waals surface area contributed by atoms with Crippen molar-refractivity contribution in [3.63, 3.8) is 0 Å². The van der Waals surface area contributed by atoms with Gasteiger partial charge in [0.05, 0.1) is 51.9 Å². The zero-order chi connectivity index (χ0) is 88.1. The van der Waals surface area contributed by atoms with E-state index in [9.17, 15) is 36.0 Å². The maximum atomic E-state index is 13.4. The van der Waals surface area contributed by atoms with Gasteiger partial charge in [-0.15, -0.1) is 0 Å². The number of Topliss-reactive ketones (excluding diaryl/α,β-unsaturated/α-hetero) is 1. The van der Waals surface area contributed by atoms with E-state index in [0.29, 0.717) is 72.2 Å². The van der Waals surface area contributed by atoms with Crippen molar-refractivity contribution in [2.75, 3.05) is 76.1 Å². The molecular weight excluding hydrogens is 1570 g/mol. The number of aryl methyl sites for hydroxylation is 4. The summed E-state index contributed by atoms with van der Waals surface area (Å²) in [5.74, 6) is 3.96. The number of methoxy groups -OCH3 is 1. The highest BCUT2D eigenvalue weighted by atomic mass is 32.2. The van der Waals surface area contributed by atoms with Crippen molar-refractivity contribution in [1.29, 1.82) is 0 Å². The number of carbonyl (C=O) groups excluding carboxylic acids is 3. The number of sulfonamides is 2. The first-order chi connectivity index (χ1) is 57.1. The number of hydrogen-bond acceptors (Lipinski definition) is 21. The molecule has 13 rings (SSSR count). The van der Waals surface area contributed by atoms with Crippen molar-refractivity contribution in [2.24, 2.45) is 16.1 Å². The molecule has 2 aliphatic heterocycles. The topological polar surface area (TPSA) is 396 Å². The molecule has 121 heavy (non-hydrogen) atoms. The number of fused-ring (bicyclic) bond motifs is 8. The molecule has 1 saturated heterocycles. The minimum absolute atomic E-state index is 0.00712. The molecule has 2 amide bonds. The molecule has 0 bridgehead atoms. The van der Waals surface area contributed by atoms with E-state index in [0.717, 1.165) is 173 Å². The predicted molar refractivity (Wildman–Crippen MR) is 487 cm³/mol. The third kappa shape index (κ3) is 23.4. The molecule has 10 N–H and O–H groups in total. The second kappa shape index (κ2) is 39.2. The van der Waals surface area contributed by atoms with Crippen LogP contribution in [0, 0.1) is 5.41 Å². The number of aromatic nitrogens is 10. The summed E-state index contributed by atoms with van der Waals surface area (Å²) in [5.41, 5.74) is 29.9. The Labute approximate surface area is 710 Å². The van der Waals surface area contributed by atoms with Gasteiger partial charge < -0.3 is 55.9 Å². The minimum atomic E-state index is -3.31. The van der Waals surface area contributed by atoms with Crippen LogP contribution in [-0.2, 0) is 62.1 Å². The van der Waals surface area contributed by atoms with E-state index >= 15 is 0 Å². The van der Waals surface area contributed by atoms with Crippen molar-refractivity contribution in [3.05, 3.63) is 165 Å². The number of amides is 2. The van der Waals surface area contributed by atoms with E-state index in [1.54, 1.807) is 40.0 Å². The molecule has 648 valence electrons. The highest BCUT2D eigenvalue weighted by Crippen LogP contribution is 2.36. The molecule has 1 fully saturated rings. The van der Waals surface area contributed by atoms with Gasteiger partial charge in [-0.05, 0) is 160 Å². The van der Waals surface area contributed by atoms with Gasteiger partial charge in [-0.1, -0.05) is 126 Å². The Balaban J connectivity index is 0.000000170. The van der Waals surface area contributed by atoms with Gasteiger partial charge in [-0.2, -0.15) is 9.97 Å². The molecule has 29 nitrogen and oxygen atoms in total. The van der Waals surface area contributed by atoms with E-state index in [2.05, 4.69) is 117 Å². The second-order valence-electron chi connectivity index (χ2n) is 34.6. The second-order valence-corrected chi connectivity index (χ2v) is 38.9. The molecule has 31 heteroatoms. The van der Waals surface area contributed by atoms with Gasteiger partial charge in [0.25, 0.3) is 11.8 Å². The van der Waals surface area contributed by atoms with E-state index in [1.165, 1.54) is 10.8 Å². The lowest BCUT2D eigenvalue weighted by atomic mass is 9.86. The fourth-order valence-electron chi connectivity index (χ4n) is 14.3. The van der Waals surface area contributed by atoms with E-state index in [4.69, 9.17) is 41.6 Å². The Hall–Kier alpha value is -11.0. The number of pyridine rings is 2. The first kappa shape index (κ1) is 92.3. The van der Waals surface area contributed by atoms with Gasteiger partial charge in [0.15, 0.2) is 28.9 Å². The zero-order valence-corrected chi connectivity index (χ0v) is 74.8. The van der Waals surface area contributed by atoms with Gasteiger partial charge in [-0.25, -0.2) is 56.0 Å². The smallest absolute Gasteiger partial charge is 0.328 e. The zero-order valence-electron chi connectivity index (χ0n) is 73.2. The summed E-state index contributed by atoms with van der Waals surface area (Å²) < 4.78 is 67.6. The molecule has 6 aromatic heterocycles. The van der Waals surface area contributed by atoms with Gasteiger partial charge in [0.2, 0.25) is 20.0 Å². The number of H-pyrrole nitrogens is 1. The number of nitrogens with two attached hydrogens (primary N) is 3. The Kier molecular flexibility index (Phi) is 29.9. The molecule has 2 aliphatic rings. The Morgan fingerprint density at radius 1 is 0.628 bits per heavy atom. The Morgan fingerprint density at radius 2 is 1.20 bits per heavy atom. The third-order valence-corrected chi connectivity index (χ3v) is 23.5. The van der Waals surface area contributed by atoms with E-state index in [-0.39, 0.29) is 59.3 Å². The number of anilines is 3. The summed E-state index contributed by atoms with van der Waals surface area (Å²) in [6, 6.07) is 37.1. The van der Waals surface area contributed by atoms with Crippen molar-refractivity contribution in [3.8, 4) is 17.1 Å². The molecule has 0 unspecified atom stereocenters. The standard InChI is InChI=1S/C29H36N4O2.C21H31N5O2S.C20H25N5O4.C20H29N5O2S/c1-5-14-33(29(2,3)4)28(35)24-17-23-13-12-22(18-25(23)31-26(30)19-24)20-8-10-21(11-9-20)27(34)32-15-6-7-16-32;1-6-17-24-18-19(26(17)14-10-9-13-22-29(5,27)28)15-11-7-8-12-16(15)23-20(18)25-21(2,3)4;1-20(2,3)15(26)13-7-5-12(6-8-13)11-25-17-14(22-19(25)27)16(21)23-18(24-17)29-10-9-28-4;1-5-16-24-17-18(14-10-6-7-11-15(14)23-19(17)21)25(16)13-9-8-12-22-28(26,27)20(2,3)4/h8-13,17-18H,5-7,14-16,19H2,1-4H3,(H2,30,31);7-8,11-12,22H,6,9-10,13-14H2,1-5H3,(H,23,25);5-8H,9-11H2,1-4H3,(H,22,27)(H2,21,23,24);6-7,10-11,22H,5,8-9,12-13H2,1-4H3,(H2,21,23). The van der Waals surface area contributed by atoms with Crippen LogP contribution in [-0.4, -0.2) is 174 Å². The summed E-state index contributed by atoms with van der Waals surface area (Å²) in [5, 5.41) is 5.63. The van der Waals surface area contributed by atoms with Crippen LogP contribution >= 0.6 is 0 Å². The lowest BCUT2D eigenvalue weighted by molar-refractivity contribution is -0.131.